The zero-order valence-corrected chi connectivity index (χ0v) is 32.7. The van der Waals surface area contributed by atoms with Crippen molar-refractivity contribution in [1.82, 2.24) is 10.2 Å². The first-order valence-electron chi connectivity index (χ1n) is 17.2. The molecule has 0 aromatic heterocycles. The molecule has 0 bridgehead atoms. The number of hydrogen-bond donors (Lipinski definition) is 5. The highest BCUT2D eigenvalue weighted by atomic mass is 28.4. The molecule has 0 amide bonds. The molecule has 1 rings (SSSR count). The normalized spacial score (nSPS) is 14.3. The van der Waals surface area contributed by atoms with Crippen LogP contribution in [0.1, 0.15) is 85.6 Å². The molecule has 45 heavy (non-hydrogen) atoms. The molecule has 1 aromatic carbocycles. The highest BCUT2D eigenvalue weighted by Crippen LogP contribution is 2.37. The molecular formula is C35H72N2O6Si2. The Morgan fingerprint density at radius 3 is 1.67 bits per heavy atom. The lowest BCUT2D eigenvalue weighted by Gasteiger charge is -2.36. The summed E-state index contributed by atoms with van der Waals surface area (Å²) in [5.41, 5.74) is 1.20. The van der Waals surface area contributed by atoms with Crippen LogP contribution in [0, 0.1) is 0 Å². The molecule has 5 N–H and O–H groups in total. The third-order valence-corrected chi connectivity index (χ3v) is 18.3. The van der Waals surface area contributed by atoms with Crippen molar-refractivity contribution in [3.8, 4) is 0 Å². The molecule has 0 spiro atoms. The first-order chi connectivity index (χ1) is 20.9. The number of aliphatic hydroxyl groups excluding tert-OH is 4. The largest absolute Gasteiger partial charge is 0.417 e. The van der Waals surface area contributed by atoms with E-state index in [0.29, 0.717) is 26.2 Å². The van der Waals surface area contributed by atoms with E-state index in [4.69, 9.17) is 14.0 Å². The van der Waals surface area contributed by atoms with Crippen molar-refractivity contribution in [3.63, 3.8) is 0 Å². The first kappa shape index (κ1) is 44.3. The lowest BCUT2D eigenvalue weighted by molar-refractivity contribution is 0.0869. The second-order valence-corrected chi connectivity index (χ2v) is 25.0. The average molecular weight is 673 g/mol. The SMILES string of the molecule is CC(C)(C)[Si](C)(C)OCCCC[C@H](O)CN(CCO)Cc1ccccc1.CC(C)(C)[Si](C)(C)OCCCC[C@H](O)CNCCO. The van der Waals surface area contributed by atoms with Crippen LogP contribution in [-0.4, -0.2) is 107 Å². The summed E-state index contributed by atoms with van der Waals surface area (Å²) in [6.45, 7) is 27.4. The fourth-order valence-corrected chi connectivity index (χ4v) is 6.28. The maximum Gasteiger partial charge on any atom is 0.191 e. The number of aliphatic hydroxyl groups is 4. The van der Waals surface area contributed by atoms with Crippen molar-refractivity contribution in [2.45, 2.75) is 135 Å². The highest BCUT2D eigenvalue weighted by molar-refractivity contribution is 6.74. The monoisotopic (exact) mass is 672 g/mol. The number of unbranched alkanes of at least 4 members (excludes halogenated alkanes) is 2. The van der Waals surface area contributed by atoms with Gasteiger partial charge in [-0.1, -0.05) is 71.9 Å². The molecular weight excluding hydrogens is 601 g/mol. The van der Waals surface area contributed by atoms with Gasteiger partial charge in [0.1, 0.15) is 0 Å². The molecule has 0 aliphatic rings. The zero-order chi connectivity index (χ0) is 34.6. The van der Waals surface area contributed by atoms with Crippen LogP contribution in [0.2, 0.25) is 36.3 Å². The molecule has 0 saturated heterocycles. The smallest absolute Gasteiger partial charge is 0.191 e. The summed E-state index contributed by atoms with van der Waals surface area (Å²) in [7, 11) is -3.27. The third kappa shape index (κ3) is 21.0. The van der Waals surface area contributed by atoms with Gasteiger partial charge in [-0.15, -0.1) is 0 Å². The Labute approximate surface area is 279 Å². The molecule has 2 atom stereocenters. The second-order valence-electron chi connectivity index (χ2n) is 15.4. The van der Waals surface area contributed by atoms with E-state index in [1.54, 1.807) is 0 Å². The van der Waals surface area contributed by atoms with Crippen molar-refractivity contribution in [1.29, 1.82) is 0 Å². The maximum atomic E-state index is 10.4. The Balaban J connectivity index is 0.000000907. The zero-order valence-electron chi connectivity index (χ0n) is 30.7. The summed E-state index contributed by atoms with van der Waals surface area (Å²) in [6.07, 6.45) is 4.82. The van der Waals surface area contributed by atoms with E-state index in [1.807, 2.05) is 18.2 Å². The standard InChI is InChI=1S/C21H39NO3Si.C14H33NO3Si/c1-21(2,3)26(4,5)25-16-10-9-13-20(24)18-22(14-15-23)17-19-11-7-6-8-12-19;1-14(2,3)19(4,5)18-11-7-6-8-13(17)12-15-9-10-16/h6-8,11-12,20,23-24H,9-10,13-18H2,1-5H3;13,15-17H,6-12H2,1-5H3/t20-;13-/m00/s1. The highest BCUT2D eigenvalue weighted by Gasteiger charge is 2.37. The van der Waals surface area contributed by atoms with Gasteiger partial charge in [-0.2, -0.15) is 0 Å². The average Bonchev–Trinajstić information content (AvgIpc) is 2.92. The van der Waals surface area contributed by atoms with Crippen LogP contribution in [0.5, 0.6) is 0 Å². The van der Waals surface area contributed by atoms with E-state index in [2.05, 4.69) is 90.1 Å². The Morgan fingerprint density at radius 2 is 1.22 bits per heavy atom. The van der Waals surface area contributed by atoms with Gasteiger partial charge in [0.25, 0.3) is 0 Å². The van der Waals surface area contributed by atoms with Crippen LogP contribution in [-0.2, 0) is 15.4 Å². The molecule has 1 aromatic rings. The molecule has 0 aliphatic heterocycles. The van der Waals surface area contributed by atoms with Gasteiger partial charge in [-0.3, -0.25) is 4.90 Å². The lowest BCUT2D eigenvalue weighted by atomic mass is 10.1. The van der Waals surface area contributed by atoms with Gasteiger partial charge in [-0.25, -0.2) is 0 Å². The minimum absolute atomic E-state index is 0.111. The number of benzene rings is 1. The number of hydrogen-bond acceptors (Lipinski definition) is 8. The van der Waals surface area contributed by atoms with E-state index in [1.165, 1.54) is 5.56 Å². The van der Waals surface area contributed by atoms with E-state index in [0.717, 1.165) is 58.3 Å². The Kier molecular flexibility index (Phi) is 22.5. The van der Waals surface area contributed by atoms with Crippen molar-refractivity contribution in [3.05, 3.63) is 35.9 Å². The Morgan fingerprint density at radius 1 is 0.733 bits per heavy atom. The van der Waals surface area contributed by atoms with Crippen molar-refractivity contribution >= 4 is 16.6 Å². The number of nitrogens with one attached hydrogen (secondary N) is 1. The molecule has 0 radical (unpaired) electrons. The van der Waals surface area contributed by atoms with E-state index in [9.17, 15) is 15.3 Å². The summed E-state index contributed by atoms with van der Waals surface area (Å²) < 4.78 is 12.3. The topological polar surface area (TPSA) is 115 Å². The van der Waals surface area contributed by atoms with E-state index in [-0.39, 0.29) is 35.5 Å². The van der Waals surface area contributed by atoms with Gasteiger partial charge in [0.15, 0.2) is 16.6 Å². The summed E-state index contributed by atoms with van der Waals surface area (Å²) in [5.74, 6) is 0. The molecule has 266 valence electrons. The molecule has 0 heterocycles. The van der Waals surface area contributed by atoms with Gasteiger partial charge in [0, 0.05) is 45.9 Å². The van der Waals surface area contributed by atoms with Gasteiger partial charge < -0.3 is 34.6 Å². The third-order valence-electron chi connectivity index (χ3n) is 9.20. The predicted molar refractivity (Wildman–Crippen MR) is 195 cm³/mol. The van der Waals surface area contributed by atoms with Gasteiger partial charge in [-0.05, 0) is 80.4 Å². The molecule has 8 nitrogen and oxygen atoms in total. The summed E-state index contributed by atoms with van der Waals surface area (Å²) in [6, 6.07) is 10.2. The molecule has 0 fully saturated rings. The fourth-order valence-electron chi connectivity index (χ4n) is 4.11. The Hall–Kier alpha value is -0.666. The predicted octanol–water partition coefficient (Wildman–Crippen LogP) is 6.16. The Bertz CT molecular complexity index is 847. The molecule has 10 heteroatoms. The number of nitrogens with zero attached hydrogens (tertiary/aromatic N) is 1. The van der Waals surface area contributed by atoms with Gasteiger partial charge >= 0.3 is 0 Å². The lowest BCUT2D eigenvalue weighted by Crippen LogP contribution is -2.41. The summed E-state index contributed by atoms with van der Waals surface area (Å²) in [5, 5.41) is 41.4. The fraction of sp³-hybridized carbons (Fsp3) is 0.829. The summed E-state index contributed by atoms with van der Waals surface area (Å²) >= 11 is 0. The molecule has 0 unspecified atom stereocenters. The van der Waals surface area contributed by atoms with Crippen LogP contribution in [0.3, 0.4) is 0 Å². The van der Waals surface area contributed by atoms with Crippen molar-refractivity contribution in [2.24, 2.45) is 0 Å². The minimum atomic E-state index is -1.66. The summed E-state index contributed by atoms with van der Waals surface area (Å²) in [4.78, 5) is 2.12. The van der Waals surface area contributed by atoms with Crippen molar-refractivity contribution < 1.29 is 29.3 Å². The van der Waals surface area contributed by atoms with Crippen LogP contribution in [0.25, 0.3) is 0 Å². The second kappa shape index (κ2) is 22.8. The van der Waals surface area contributed by atoms with E-state index < -0.39 is 16.6 Å². The molecule has 0 aliphatic carbocycles. The van der Waals surface area contributed by atoms with E-state index >= 15 is 0 Å². The van der Waals surface area contributed by atoms with Crippen LogP contribution >= 0.6 is 0 Å². The van der Waals surface area contributed by atoms with Crippen LogP contribution in [0.4, 0.5) is 0 Å². The van der Waals surface area contributed by atoms with Gasteiger partial charge in [0.05, 0.1) is 25.4 Å². The minimum Gasteiger partial charge on any atom is -0.417 e. The first-order valence-corrected chi connectivity index (χ1v) is 23.0. The van der Waals surface area contributed by atoms with Crippen molar-refractivity contribution in [2.75, 3.05) is 52.6 Å². The molecule has 0 saturated carbocycles. The quantitative estimate of drug-likeness (QED) is 0.0736. The maximum absolute atomic E-state index is 10.4. The van der Waals surface area contributed by atoms with Crippen LogP contribution < -0.4 is 5.32 Å². The number of rotatable bonds is 22. The van der Waals surface area contributed by atoms with Crippen LogP contribution in [0.15, 0.2) is 30.3 Å². The van der Waals surface area contributed by atoms with Gasteiger partial charge in [0.2, 0.25) is 0 Å².